The van der Waals surface area contributed by atoms with E-state index in [9.17, 15) is 9.59 Å². The maximum atomic E-state index is 12.1. The molecule has 0 saturated carbocycles. The fraction of sp³-hybridized carbons (Fsp3) is 0.0667. The average Bonchev–Trinajstić information content (AvgIpc) is 2.52. The number of aromatic nitrogens is 3. The molecule has 0 bridgehead atoms. The molecule has 0 aliphatic carbocycles. The van der Waals surface area contributed by atoms with Crippen molar-refractivity contribution in [2.75, 3.05) is 0 Å². The first kappa shape index (κ1) is 13.5. The van der Waals surface area contributed by atoms with E-state index >= 15 is 0 Å². The Hall–Kier alpha value is -2.53. The van der Waals surface area contributed by atoms with Gasteiger partial charge in [0.2, 0.25) is 0 Å². The van der Waals surface area contributed by atoms with E-state index in [0.717, 1.165) is 5.56 Å². The molecule has 5 nitrogen and oxygen atoms in total. The van der Waals surface area contributed by atoms with Gasteiger partial charge in [0.15, 0.2) is 6.29 Å². The van der Waals surface area contributed by atoms with Crippen LogP contribution in [0.1, 0.15) is 15.9 Å². The average molecular weight is 301 g/mol. The highest BCUT2D eigenvalue weighted by Gasteiger charge is 2.15. The summed E-state index contributed by atoms with van der Waals surface area (Å²) in [6.07, 6.45) is 5.43. The van der Waals surface area contributed by atoms with Gasteiger partial charge in [-0.3, -0.25) is 4.79 Å². The van der Waals surface area contributed by atoms with E-state index in [1.54, 1.807) is 30.7 Å². The van der Waals surface area contributed by atoms with Crippen molar-refractivity contribution in [3.8, 4) is 0 Å². The molecule has 0 unspecified atom stereocenters. The Balaban J connectivity index is 2.17. The molecule has 0 aliphatic heterocycles. The second-order valence-corrected chi connectivity index (χ2v) is 4.94. The van der Waals surface area contributed by atoms with Crippen LogP contribution in [0.2, 0.25) is 5.15 Å². The van der Waals surface area contributed by atoms with E-state index in [2.05, 4.69) is 4.98 Å². The predicted molar refractivity (Wildman–Crippen MR) is 77.6 cm³/mol. The molecular weight excluding hydrogens is 290 g/mol. The molecule has 0 aromatic carbocycles. The van der Waals surface area contributed by atoms with Crippen LogP contribution in [0.25, 0.3) is 5.65 Å². The van der Waals surface area contributed by atoms with E-state index in [1.165, 1.54) is 4.40 Å². The summed E-state index contributed by atoms with van der Waals surface area (Å²) in [6, 6.07) is 8.96. The van der Waals surface area contributed by atoms with E-state index in [4.69, 9.17) is 11.6 Å². The highest BCUT2D eigenvalue weighted by Crippen LogP contribution is 2.05. The number of carbonyl (C=O) groups is 1. The van der Waals surface area contributed by atoms with Crippen LogP contribution in [-0.2, 0) is 6.54 Å². The Morgan fingerprint density at radius 1 is 1.29 bits per heavy atom. The lowest BCUT2D eigenvalue weighted by Gasteiger charge is -2.04. The summed E-state index contributed by atoms with van der Waals surface area (Å²) >= 11 is 5.77. The molecule has 0 amide bonds. The van der Waals surface area contributed by atoms with Gasteiger partial charge in [-0.2, -0.15) is 4.40 Å². The van der Waals surface area contributed by atoms with Crippen molar-refractivity contribution in [3.05, 3.63) is 75.6 Å². The van der Waals surface area contributed by atoms with Crippen molar-refractivity contribution in [2.24, 2.45) is 0 Å². The second-order valence-electron chi connectivity index (χ2n) is 4.55. The molecule has 3 rings (SSSR count). The van der Waals surface area contributed by atoms with E-state index in [-0.39, 0.29) is 11.1 Å². The quantitative estimate of drug-likeness (QED) is 0.418. The molecule has 3 aromatic heterocycles. The third-order valence-corrected chi connectivity index (χ3v) is 3.39. The fourth-order valence-corrected chi connectivity index (χ4v) is 2.28. The van der Waals surface area contributed by atoms with Crippen molar-refractivity contribution >= 4 is 23.5 Å². The van der Waals surface area contributed by atoms with Crippen LogP contribution in [0, 0.1) is 0 Å². The van der Waals surface area contributed by atoms with Crippen LogP contribution in [0.15, 0.2) is 53.7 Å². The lowest BCUT2D eigenvalue weighted by molar-refractivity contribution is -0.666. The molecule has 0 spiro atoms. The number of pyridine rings is 2. The third kappa shape index (κ3) is 2.55. The molecule has 104 valence electrons. The first-order valence-electron chi connectivity index (χ1n) is 6.28. The molecule has 0 fully saturated rings. The lowest BCUT2D eigenvalue weighted by Crippen LogP contribution is -2.41. The zero-order valence-electron chi connectivity index (χ0n) is 10.9. The van der Waals surface area contributed by atoms with Gasteiger partial charge in [0.1, 0.15) is 23.5 Å². The van der Waals surface area contributed by atoms with Crippen molar-refractivity contribution in [1.29, 1.82) is 0 Å². The van der Waals surface area contributed by atoms with Gasteiger partial charge in [-0.15, -0.1) is 0 Å². The fourth-order valence-electron chi connectivity index (χ4n) is 2.17. The summed E-state index contributed by atoms with van der Waals surface area (Å²) in [5.41, 5.74) is 1.40. The Labute approximate surface area is 125 Å². The highest BCUT2D eigenvalue weighted by atomic mass is 35.5. The third-order valence-electron chi connectivity index (χ3n) is 3.16. The molecule has 0 saturated heterocycles. The van der Waals surface area contributed by atoms with Crippen molar-refractivity contribution < 1.29 is 9.36 Å². The van der Waals surface area contributed by atoms with Gasteiger partial charge in [-0.05, 0) is 12.1 Å². The summed E-state index contributed by atoms with van der Waals surface area (Å²) in [6.45, 7) is 0.485. The van der Waals surface area contributed by atoms with Gasteiger partial charge in [-0.1, -0.05) is 23.7 Å². The van der Waals surface area contributed by atoms with Gasteiger partial charge < -0.3 is 0 Å². The monoisotopic (exact) mass is 300 g/mol. The summed E-state index contributed by atoms with van der Waals surface area (Å²) in [4.78, 5) is 27.2. The number of carbonyl (C=O) groups excluding carboxylic acids is 1. The lowest BCUT2D eigenvalue weighted by atomic mass is 10.2. The van der Waals surface area contributed by atoms with Crippen LogP contribution in [0.5, 0.6) is 0 Å². The molecule has 0 N–H and O–H groups in total. The van der Waals surface area contributed by atoms with Crippen molar-refractivity contribution in [3.63, 3.8) is 0 Å². The number of hydrogen-bond donors (Lipinski definition) is 0. The smallest absolute Gasteiger partial charge is 0.297 e. The standard InChI is InChI=1S/C15H11ClN3O2/c16-13-5-4-11(7-17-13)8-18-9-12(10-20)15(21)19-6-2-1-3-14(18)19/h1-7,9-10H,8H2/q+1. The molecular formula is C15H11ClN3O2+. The highest BCUT2D eigenvalue weighted by molar-refractivity contribution is 6.29. The minimum absolute atomic E-state index is 0.112. The van der Waals surface area contributed by atoms with Crippen LogP contribution >= 0.6 is 11.6 Å². The van der Waals surface area contributed by atoms with Gasteiger partial charge in [0.05, 0.1) is 6.20 Å². The van der Waals surface area contributed by atoms with E-state index in [1.807, 2.05) is 22.8 Å². The minimum Gasteiger partial charge on any atom is -0.297 e. The number of nitrogens with zero attached hydrogens (tertiary/aromatic N) is 3. The maximum absolute atomic E-state index is 12.1. The summed E-state index contributed by atoms with van der Waals surface area (Å²) in [7, 11) is 0. The number of halogens is 1. The van der Waals surface area contributed by atoms with Crippen molar-refractivity contribution in [2.45, 2.75) is 6.54 Å². The SMILES string of the molecule is O=Cc1c[n+](Cc2ccc(Cl)nc2)c2ccccn2c1=O. The summed E-state index contributed by atoms with van der Waals surface area (Å²) in [5, 5.41) is 0.423. The zero-order valence-corrected chi connectivity index (χ0v) is 11.7. The largest absolute Gasteiger partial charge is 0.352 e. The maximum Gasteiger partial charge on any atom is 0.352 e. The number of fused-ring (bicyclic) bond motifs is 1. The van der Waals surface area contributed by atoms with E-state index < -0.39 is 0 Å². The first-order valence-corrected chi connectivity index (χ1v) is 6.66. The molecule has 0 radical (unpaired) electrons. The molecule has 21 heavy (non-hydrogen) atoms. The van der Waals surface area contributed by atoms with Crippen LogP contribution in [-0.4, -0.2) is 15.7 Å². The topological polar surface area (TPSA) is 55.3 Å². The number of rotatable bonds is 3. The Bertz CT molecular complexity index is 872. The normalized spacial score (nSPS) is 10.7. The first-order chi connectivity index (χ1) is 10.2. The molecule has 0 aliphatic rings. The summed E-state index contributed by atoms with van der Waals surface area (Å²) < 4.78 is 3.28. The Morgan fingerprint density at radius 3 is 2.86 bits per heavy atom. The predicted octanol–water partition coefficient (Wildman–Crippen LogP) is 1.50. The van der Waals surface area contributed by atoms with Gasteiger partial charge in [0.25, 0.3) is 5.65 Å². The van der Waals surface area contributed by atoms with Gasteiger partial charge in [0, 0.05) is 17.8 Å². The molecule has 0 atom stereocenters. The number of hydrogen-bond acceptors (Lipinski definition) is 3. The Kier molecular flexibility index (Phi) is 3.50. The van der Waals surface area contributed by atoms with Crippen LogP contribution in [0.4, 0.5) is 0 Å². The zero-order chi connectivity index (χ0) is 14.8. The van der Waals surface area contributed by atoms with Gasteiger partial charge >= 0.3 is 5.56 Å². The van der Waals surface area contributed by atoms with E-state index in [0.29, 0.717) is 23.6 Å². The Morgan fingerprint density at radius 2 is 2.14 bits per heavy atom. The summed E-state index contributed by atoms with van der Waals surface area (Å²) in [5.74, 6) is 0. The van der Waals surface area contributed by atoms with Crippen molar-refractivity contribution in [1.82, 2.24) is 9.38 Å². The van der Waals surface area contributed by atoms with Crippen LogP contribution < -0.4 is 10.1 Å². The second kappa shape index (κ2) is 5.46. The molecule has 3 aromatic rings. The minimum atomic E-state index is -0.328. The number of aldehydes is 1. The van der Waals surface area contributed by atoms with Gasteiger partial charge in [-0.25, -0.2) is 14.3 Å². The molecule has 3 heterocycles. The molecule has 6 heteroatoms. The van der Waals surface area contributed by atoms with Crippen LogP contribution in [0.3, 0.4) is 0 Å².